The van der Waals surface area contributed by atoms with Crippen LogP contribution >= 0.6 is 0 Å². The van der Waals surface area contributed by atoms with Gasteiger partial charge in [-0.05, 0) is 17.5 Å². The lowest BCUT2D eigenvalue weighted by molar-refractivity contribution is -0.119. The normalized spacial score (nSPS) is 10.0. The first kappa shape index (κ1) is 11.7. The summed E-state index contributed by atoms with van der Waals surface area (Å²) in [5, 5.41) is 2.74. The van der Waals surface area contributed by atoms with Crippen LogP contribution < -0.4 is 11.1 Å². The predicted molar refractivity (Wildman–Crippen MR) is 61.3 cm³/mol. The molecule has 15 heavy (non-hydrogen) atoms. The number of amides is 1. The molecule has 3 nitrogen and oxygen atoms in total. The molecule has 0 aliphatic rings. The Hall–Kier alpha value is -1.35. The summed E-state index contributed by atoms with van der Waals surface area (Å²) in [6.45, 7) is 2.77. The van der Waals surface area contributed by atoms with E-state index >= 15 is 0 Å². The van der Waals surface area contributed by atoms with E-state index in [1.165, 1.54) is 5.56 Å². The van der Waals surface area contributed by atoms with Crippen LogP contribution in [-0.2, 0) is 17.8 Å². The van der Waals surface area contributed by atoms with Gasteiger partial charge in [-0.15, -0.1) is 0 Å². The summed E-state index contributed by atoms with van der Waals surface area (Å²) >= 11 is 0. The second-order valence-corrected chi connectivity index (χ2v) is 3.55. The molecule has 1 aromatic carbocycles. The molecule has 0 saturated carbocycles. The molecule has 0 radical (unpaired) electrons. The molecule has 0 bridgehead atoms. The molecular formula is C12H18N2O. The fourth-order valence-electron chi connectivity index (χ4n) is 1.39. The zero-order valence-corrected chi connectivity index (χ0v) is 9.12. The van der Waals surface area contributed by atoms with E-state index in [4.69, 9.17) is 5.73 Å². The molecule has 0 unspecified atom stereocenters. The van der Waals surface area contributed by atoms with Gasteiger partial charge in [0, 0.05) is 6.54 Å². The van der Waals surface area contributed by atoms with Gasteiger partial charge in [0.05, 0.1) is 6.54 Å². The maximum absolute atomic E-state index is 10.9. The minimum absolute atomic E-state index is 0.0495. The van der Waals surface area contributed by atoms with Crippen molar-refractivity contribution in [1.29, 1.82) is 0 Å². The summed E-state index contributed by atoms with van der Waals surface area (Å²) in [4.78, 5) is 10.9. The second kappa shape index (κ2) is 6.19. The zero-order chi connectivity index (χ0) is 11.1. The van der Waals surface area contributed by atoms with Gasteiger partial charge >= 0.3 is 0 Å². The average Bonchev–Trinajstić information content (AvgIpc) is 2.28. The molecule has 0 heterocycles. The van der Waals surface area contributed by atoms with Crippen molar-refractivity contribution in [1.82, 2.24) is 5.32 Å². The minimum atomic E-state index is -0.118. The van der Waals surface area contributed by atoms with Crippen molar-refractivity contribution in [3.8, 4) is 0 Å². The van der Waals surface area contributed by atoms with Crippen LogP contribution in [0.15, 0.2) is 24.3 Å². The lowest BCUT2D eigenvalue weighted by Crippen LogP contribution is -2.29. The lowest BCUT2D eigenvalue weighted by Gasteiger charge is -2.04. The Balaban J connectivity index is 2.45. The second-order valence-electron chi connectivity index (χ2n) is 3.55. The maximum Gasteiger partial charge on any atom is 0.234 e. The third-order valence-corrected chi connectivity index (χ3v) is 2.24. The third-order valence-electron chi connectivity index (χ3n) is 2.24. The fourth-order valence-corrected chi connectivity index (χ4v) is 1.39. The van der Waals surface area contributed by atoms with E-state index in [1.807, 2.05) is 12.1 Å². The number of carbonyl (C=O) groups is 1. The van der Waals surface area contributed by atoms with Crippen LogP contribution in [0.25, 0.3) is 0 Å². The van der Waals surface area contributed by atoms with Gasteiger partial charge in [-0.2, -0.15) is 0 Å². The standard InChI is InChI=1S/C12H18N2O/c1-2-3-10-4-6-11(7-5-10)9-14-12(15)8-13/h4-7H,2-3,8-9,13H2,1H3,(H,14,15). The van der Waals surface area contributed by atoms with E-state index in [0.717, 1.165) is 18.4 Å². The average molecular weight is 206 g/mol. The van der Waals surface area contributed by atoms with Gasteiger partial charge in [0.15, 0.2) is 0 Å². The molecule has 1 aromatic rings. The van der Waals surface area contributed by atoms with Gasteiger partial charge < -0.3 is 11.1 Å². The van der Waals surface area contributed by atoms with Crippen LogP contribution in [0.3, 0.4) is 0 Å². The summed E-state index contributed by atoms with van der Waals surface area (Å²) in [7, 11) is 0. The first-order chi connectivity index (χ1) is 7.26. The van der Waals surface area contributed by atoms with Crippen molar-refractivity contribution >= 4 is 5.91 Å². The van der Waals surface area contributed by atoms with Crippen molar-refractivity contribution in [2.24, 2.45) is 5.73 Å². The molecule has 0 saturated heterocycles. The largest absolute Gasteiger partial charge is 0.351 e. The summed E-state index contributed by atoms with van der Waals surface area (Å²) in [5.41, 5.74) is 7.64. The van der Waals surface area contributed by atoms with E-state index in [1.54, 1.807) is 0 Å². The molecule has 0 aliphatic carbocycles. The predicted octanol–water partition coefficient (Wildman–Crippen LogP) is 1.21. The van der Waals surface area contributed by atoms with Crippen LogP contribution in [0.4, 0.5) is 0 Å². The molecule has 0 atom stereocenters. The Morgan fingerprint density at radius 1 is 1.27 bits per heavy atom. The zero-order valence-electron chi connectivity index (χ0n) is 9.12. The Morgan fingerprint density at radius 3 is 2.40 bits per heavy atom. The number of hydrogen-bond donors (Lipinski definition) is 2. The van der Waals surface area contributed by atoms with Crippen LogP contribution in [0.5, 0.6) is 0 Å². The first-order valence-electron chi connectivity index (χ1n) is 5.31. The minimum Gasteiger partial charge on any atom is -0.351 e. The summed E-state index contributed by atoms with van der Waals surface area (Å²) < 4.78 is 0. The molecule has 0 aliphatic heterocycles. The topological polar surface area (TPSA) is 55.1 Å². The highest BCUT2D eigenvalue weighted by Crippen LogP contribution is 2.06. The summed E-state index contributed by atoms with van der Waals surface area (Å²) in [6.07, 6.45) is 2.26. The van der Waals surface area contributed by atoms with Gasteiger partial charge in [0.25, 0.3) is 0 Å². The molecule has 82 valence electrons. The van der Waals surface area contributed by atoms with Crippen molar-refractivity contribution in [3.63, 3.8) is 0 Å². The molecular weight excluding hydrogens is 188 g/mol. The molecule has 1 rings (SSSR count). The number of hydrogen-bond acceptors (Lipinski definition) is 2. The van der Waals surface area contributed by atoms with E-state index < -0.39 is 0 Å². The van der Waals surface area contributed by atoms with Gasteiger partial charge in [-0.25, -0.2) is 0 Å². The van der Waals surface area contributed by atoms with Gasteiger partial charge in [0.2, 0.25) is 5.91 Å². The fraction of sp³-hybridized carbons (Fsp3) is 0.417. The quantitative estimate of drug-likeness (QED) is 0.761. The monoisotopic (exact) mass is 206 g/mol. The van der Waals surface area contributed by atoms with Crippen molar-refractivity contribution < 1.29 is 4.79 Å². The molecule has 0 spiro atoms. The van der Waals surface area contributed by atoms with Gasteiger partial charge in [0.1, 0.15) is 0 Å². The highest BCUT2D eigenvalue weighted by atomic mass is 16.1. The highest BCUT2D eigenvalue weighted by molar-refractivity contribution is 5.77. The Morgan fingerprint density at radius 2 is 1.87 bits per heavy atom. The number of carbonyl (C=O) groups excluding carboxylic acids is 1. The van der Waals surface area contributed by atoms with Crippen LogP contribution in [0.2, 0.25) is 0 Å². The molecule has 0 fully saturated rings. The molecule has 3 N–H and O–H groups in total. The smallest absolute Gasteiger partial charge is 0.234 e. The van der Waals surface area contributed by atoms with Crippen molar-refractivity contribution in [3.05, 3.63) is 35.4 Å². The van der Waals surface area contributed by atoms with E-state index in [0.29, 0.717) is 6.54 Å². The van der Waals surface area contributed by atoms with Crippen LogP contribution in [0.1, 0.15) is 24.5 Å². The van der Waals surface area contributed by atoms with Gasteiger partial charge in [-0.3, -0.25) is 4.79 Å². The molecule has 1 amide bonds. The Bertz CT molecular complexity index is 306. The van der Waals surface area contributed by atoms with E-state index in [2.05, 4.69) is 24.4 Å². The van der Waals surface area contributed by atoms with Crippen molar-refractivity contribution in [2.75, 3.05) is 6.54 Å². The lowest BCUT2D eigenvalue weighted by atomic mass is 10.1. The number of rotatable bonds is 5. The number of nitrogens with two attached hydrogens (primary N) is 1. The highest BCUT2D eigenvalue weighted by Gasteiger charge is 1.97. The maximum atomic E-state index is 10.9. The molecule has 0 aromatic heterocycles. The number of benzene rings is 1. The summed E-state index contributed by atoms with van der Waals surface area (Å²) in [5.74, 6) is -0.118. The van der Waals surface area contributed by atoms with E-state index in [-0.39, 0.29) is 12.5 Å². The van der Waals surface area contributed by atoms with E-state index in [9.17, 15) is 4.79 Å². The van der Waals surface area contributed by atoms with Crippen LogP contribution in [0, 0.1) is 0 Å². The van der Waals surface area contributed by atoms with Gasteiger partial charge in [-0.1, -0.05) is 37.6 Å². The number of nitrogens with one attached hydrogen (secondary N) is 1. The first-order valence-corrected chi connectivity index (χ1v) is 5.31. The van der Waals surface area contributed by atoms with Crippen molar-refractivity contribution in [2.45, 2.75) is 26.3 Å². The SMILES string of the molecule is CCCc1ccc(CNC(=O)CN)cc1. The van der Waals surface area contributed by atoms with Crippen LogP contribution in [-0.4, -0.2) is 12.5 Å². The number of aryl methyl sites for hydroxylation is 1. The summed E-state index contributed by atoms with van der Waals surface area (Å²) in [6, 6.07) is 8.30. The third kappa shape index (κ3) is 4.13. The Kier molecular flexibility index (Phi) is 4.84. The molecule has 3 heteroatoms. The Labute approximate surface area is 90.7 Å².